The number of carboxylic acids is 1. The first-order chi connectivity index (χ1) is 15.3. The first kappa shape index (κ1) is 21.3. The van der Waals surface area contributed by atoms with Gasteiger partial charge in [0.25, 0.3) is 0 Å². The molecule has 3 heterocycles. The Bertz CT molecular complexity index is 1120. The highest BCUT2D eigenvalue weighted by molar-refractivity contribution is 5.88. The molecule has 2 N–H and O–H groups in total. The molecule has 166 valence electrons. The molecule has 0 radical (unpaired) electrons. The average Bonchev–Trinajstić information content (AvgIpc) is 3.22. The fourth-order valence-electron chi connectivity index (χ4n) is 4.12. The SMILES string of the molecule is CC(=O)N1C(C)CN(c2cc(-n3cnc(Nc4ccc(C(=O)O)cc4)n3)ccn2)C[C@H]1C. The van der Waals surface area contributed by atoms with E-state index in [4.69, 9.17) is 5.11 Å². The highest BCUT2D eigenvalue weighted by atomic mass is 16.4. The van der Waals surface area contributed by atoms with E-state index in [1.54, 1.807) is 36.3 Å². The second-order valence-electron chi connectivity index (χ2n) is 7.92. The predicted molar refractivity (Wildman–Crippen MR) is 119 cm³/mol. The summed E-state index contributed by atoms with van der Waals surface area (Å²) in [6, 6.07) is 10.4. The number of benzene rings is 1. The first-order valence-corrected chi connectivity index (χ1v) is 10.3. The van der Waals surface area contributed by atoms with Crippen LogP contribution >= 0.6 is 0 Å². The maximum Gasteiger partial charge on any atom is 0.335 e. The summed E-state index contributed by atoms with van der Waals surface area (Å²) in [5, 5.41) is 16.5. The van der Waals surface area contributed by atoms with E-state index in [9.17, 15) is 9.59 Å². The van der Waals surface area contributed by atoms with Crippen molar-refractivity contribution < 1.29 is 14.7 Å². The van der Waals surface area contributed by atoms with Crippen LogP contribution in [0.1, 0.15) is 31.1 Å². The molecule has 1 aliphatic rings. The number of amides is 1. The maximum atomic E-state index is 11.9. The number of rotatable bonds is 5. The molecule has 3 aromatic rings. The van der Waals surface area contributed by atoms with E-state index >= 15 is 0 Å². The van der Waals surface area contributed by atoms with Gasteiger partial charge in [-0.1, -0.05) is 0 Å². The summed E-state index contributed by atoms with van der Waals surface area (Å²) >= 11 is 0. The number of carbonyl (C=O) groups is 2. The summed E-state index contributed by atoms with van der Waals surface area (Å²) in [6.07, 6.45) is 3.34. The van der Waals surface area contributed by atoms with Gasteiger partial charge in [-0.05, 0) is 44.2 Å². The van der Waals surface area contributed by atoms with Crippen molar-refractivity contribution in [3.05, 3.63) is 54.5 Å². The van der Waals surface area contributed by atoms with E-state index in [-0.39, 0.29) is 23.6 Å². The monoisotopic (exact) mass is 435 g/mol. The molecule has 1 saturated heterocycles. The lowest BCUT2D eigenvalue weighted by atomic mass is 10.1. The molecule has 0 bridgehead atoms. The predicted octanol–water partition coefficient (Wildman–Crippen LogP) is 2.55. The Morgan fingerprint density at radius 2 is 1.75 bits per heavy atom. The van der Waals surface area contributed by atoms with Crippen molar-refractivity contribution in [3.8, 4) is 5.69 Å². The topological polar surface area (TPSA) is 116 Å². The van der Waals surface area contributed by atoms with Gasteiger partial charge in [0.15, 0.2) is 0 Å². The number of carbonyl (C=O) groups excluding carboxylic acids is 1. The summed E-state index contributed by atoms with van der Waals surface area (Å²) in [5.74, 6) is 0.327. The van der Waals surface area contributed by atoms with Gasteiger partial charge in [-0.15, -0.1) is 5.10 Å². The van der Waals surface area contributed by atoms with Gasteiger partial charge in [-0.3, -0.25) is 4.79 Å². The van der Waals surface area contributed by atoms with Gasteiger partial charge in [0, 0.05) is 50.0 Å². The molecular weight excluding hydrogens is 410 g/mol. The van der Waals surface area contributed by atoms with Gasteiger partial charge in [0.05, 0.1) is 11.3 Å². The normalized spacial score (nSPS) is 18.5. The molecule has 0 spiro atoms. The molecule has 0 aliphatic carbocycles. The molecule has 4 rings (SSSR count). The standard InChI is InChI=1S/C22H25N7O3/c1-14-11-27(12-15(2)29(14)16(3)30)20-10-19(8-9-23-20)28-13-24-22(26-28)25-18-6-4-17(5-7-18)21(31)32/h4-10,13-15H,11-12H2,1-3H3,(H,25,26)(H,31,32)/t14-,15?/m1/s1. The molecule has 2 atom stereocenters. The molecule has 1 amide bonds. The van der Waals surface area contributed by atoms with Gasteiger partial charge >= 0.3 is 5.97 Å². The lowest BCUT2D eigenvalue weighted by molar-refractivity contribution is -0.133. The Labute approximate surface area is 185 Å². The van der Waals surface area contributed by atoms with Crippen molar-refractivity contribution in [1.82, 2.24) is 24.6 Å². The minimum Gasteiger partial charge on any atom is -0.478 e. The maximum absolute atomic E-state index is 11.9. The highest BCUT2D eigenvalue weighted by Gasteiger charge is 2.31. The van der Waals surface area contributed by atoms with Crippen LogP contribution in [0.4, 0.5) is 17.5 Å². The largest absolute Gasteiger partial charge is 0.478 e. The molecule has 32 heavy (non-hydrogen) atoms. The third kappa shape index (κ3) is 4.39. The van der Waals surface area contributed by atoms with Crippen LogP contribution in [0.5, 0.6) is 0 Å². The minimum absolute atomic E-state index is 0.0894. The smallest absolute Gasteiger partial charge is 0.335 e. The van der Waals surface area contributed by atoms with E-state index in [0.717, 1.165) is 11.5 Å². The molecule has 1 aliphatic heterocycles. The van der Waals surface area contributed by atoms with Crippen molar-refractivity contribution in [1.29, 1.82) is 0 Å². The zero-order valence-electron chi connectivity index (χ0n) is 18.1. The van der Waals surface area contributed by atoms with E-state index in [0.29, 0.717) is 24.7 Å². The van der Waals surface area contributed by atoms with Crippen molar-refractivity contribution in [2.45, 2.75) is 32.9 Å². The van der Waals surface area contributed by atoms with Gasteiger partial charge in [-0.2, -0.15) is 4.98 Å². The van der Waals surface area contributed by atoms with Gasteiger partial charge in [-0.25, -0.2) is 14.5 Å². The van der Waals surface area contributed by atoms with E-state index in [2.05, 4.69) is 25.3 Å². The number of hydrogen-bond acceptors (Lipinski definition) is 7. The summed E-state index contributed by atoms with van der Waals surface area (Å²) in [6.45, 7) is 7.12. The number of carboxylic acid groups (broad SMARTS) is 1. The summed E-state index contributed by atoms with van der Waals surface area (Å²) in [7, 11) is 0. The third-order valence-electron chi connectivity index (χ3n) is 5.48. The molecule has 1 aromatic carbocycles. The highest BCUT2D eigenvalue weighted by Crippen LogP contribution is 2.23. The molecule has 1 unspecified atom stereocenters. The lowest BCUT2D eigenvalue weighted by Gasteiger charge is -2.44. The van der Waals surface area contributed by atoms with Crippen molar-refractivity contribution in [2.24, 2.45) is 0 Å². The van der Waals surface area contributed by atoms with Crippen LogP contribution in [0, 0.1) is 0 Å². The first-order valence-electron chi connectivity index (χ1n) is 10.3. The van der Waals surface area contributed by atoms with E-state index in [1.165, 1.54) is 12.1 Å². The van der Waals surface area contributed by atoms with Crippen LogP contribution < -0.4 is 10.2 Å². The number of anilines is 3. The van der Waals surface area contributed by atoms with E-state index in [1.807, 2.05) is 30.9 Å². The van der Waals surface area contributed by atoms with Crippen LogP contribution in [-0.2, 0) is 4.79 Å². The third-order valence-corrected chi connectivity index (χ3v) is 5.48. The Balaban J connectivity index is 1.49. The van der Waals surface area contributed by atoms with Gasteiger partial charge < -0.3 is 20.2 Å². The Kier molecular flexibility index (Phi) is 5.76. The molecule has 10 nitrogen and oxygen atoms in total. The minimum atomic E-state index is -0.973. The second-order valence-corrected chi connectivity index (χ2v) is 7.92. The van der Waals surface area contributed by atoms with Crippen LogP contribution in [0.3, 0.4) is 0 Å². The number of hydrogen-bond donors (Lipinski definition) is 2. The molecule has 2 aromatic heterocycles. The zero-order chi connectivity index (χ0) is 22.8. The van der Waals surface area contributed by atoms with Gasteiger partial charge in [0.2, 0.25) is 11.9 Å². The summed E-state index contributed by atoms with van der Waals surface area (Å²) in [5.41, 5.74) is 1.71. The molecule has 1 fully saturated rings. The average molecular weight is 435 g/mol. The Morgan fingerprint density at radius 1 is 1.06 bits per heavy atom. The molecule has 10 heteroatoms. The molecule has 0 saturated carbocycles. The Morgan fingerprint density at radius 3 is 2.38 bits per heavy atom. The van der Waals surface area contributed by atoms with Crippen LogP contribution in [0.15, 0.2) is 48.9 Å². The molecular formula is C22H25N7O3. The van der Waals surface area contributed by atoms with Crippen molar-refractivity contribution in [3.63, 3.8) is 0 Å². The number of aromatic nitrogens is 4. The number of nitrogens with zero attached hydrogens (tertiary/aromatic N) is 6. The quantitative estimate of drug-likeness (QED) is 0.628. The fourth-order valence-corrected chi connectivity index (χ4v) is 4.12. The Hall–Kier alpha value is -3.95. The van der Waals surface area contributed by atoms with E-state index < -0.39 is 5.97 Å². The van der Waals surface area contributed by atoms with Crippen molar-refractivity contribution in [2.75, 3.05) is 23.3 Å². The number of aromatic carboxylic acids is 1. The number of piperazine rings is 1. The van der Waals surface area contributed by atoms with Crippen molar-refractivity contribution >= 4 is 29.3 Å². The van der Waals surface area contributed by atoms with Gasteiger partial charge in [0.1, 0.15) is 12.1 Å². The summed E-state index contributed by atoms with van der Waals surface area (Å²) in [4.78, 5) is 35.8. The van der Waals surface area contributed by atoms with Crippen LogP contribution in [0.2, 0.25) is 0 Å². The fraction of sp³-hybridized carbons (Fsp3) is 0.318. The summed E-state index contributed by atoms with van der Waals surface area (Å²) < 4.78 is 1.65. The number of pyridine rings is 1. The van der Waals surface area contributed by atoms with Crippen LogP contribution in [-0.4, -0.2) is 66.8 Å². The van der Waals surface area contributed by atoms with Crippen LogP contribution in [0.25, 0.3) is 5.69 Å². The number of nitrogens with one attached hydrogen (secondary N) is 1. The lowest BCUT2D eigenvalue weighted by Crippen LogP contribution is -2.58. The second kappa shape index (κ2) is 8.66. The zero-order valence-corrected chi connectivity index (χ0v) is 18.1.